The van der Waals surface area contributed by atoms with Crippen LogP contribution in [0.5, 0.6) is 0 Å². The molecule has 8 rings (SSSR count). The van der Waals surface area contributed by atoms with E-state index in [1.807, 2.05) is 6.20 Å². The van der Waals surface area contributed by atoms with Crippen molar-refractivity contribution < 1.29 is 0 Å². The molecule has 3 aromatic rings. The summed E-state index contributed by atoms with van der Waals surface area (Å²) in [6, 6.07) is 24.8. The maximum Gasteiger partial charge on any atom is 0.106 e. The SMILES string of the molecule is C1=CCCC(C2CC=C(CC3=NC(C4=CCC(c5cccc6ccccc56)CC4)C=C(c4ccc(C5C=NC=CC5)cc4)N3)CC2)=C1. The lowest BCUT2D eigenvalue weighted by molar-refractivity contribution is 0.517. The van der Waals surface area contributed by atoms with Crippen LogP contribution in [0.1, 0.15) is 92.7 Å². The van der Waals surface area contributed by atoms with Crippen LogP contribution >= 0.6 is 0 Å². The Bertz CT molecular complexity index is 1870. The van der Waals surface area contributed by atoms with E-state index in [-0.39, 0.29) is 6.04 Å². The Kier molecular flexibility index (Phi) is 8.70. The van der Waals surface area contributed by atoms with Gasteiger partial charge in [0, 0.05) is 30.5 Å². The van der Waals surface area contributed by atoms with Gasteiger partial charge in [0.2, 0.25) is 0 Å². The van der Waals surface area contributed by atoms with Crippen LogP contribution in [0.15, 0.2) is 142 Å². The van der Waals surface area contributed by atoms with Gasteiger partial charge in [-0.2, -0.15) is 0 Å². The molecule has 2 aliphatic heterocycles. The van der Waals surface area contributed by atoms with Crippen LogP contribution in [-0.2, 0) is 0 Å². The van der Waals surface area contributed by atoms with Crippen molar-refractivity contribution in [3.63, 3.8) is 0 Å². The van der Waals surface area contributed by atoms with Gasteiger partial charge < -0.3 is 5.32 Å². The first-order valence-corrected chi connectivity index (χ1v) is 17.8. The van der Waals surface area contributed by atoms with Gasteiger partial charge >= 0.3 is 0 Å². The average Bonchev–Trinajstić information content (AvgIpc) is 3.16. The van der Waals surface area contributed by atoms with Crippen LogP contribution in [0.3, 0.4) is 0 Å². The van der Waals surface area contributed by atoms with Gasteiger partial charge in [-0.15, -0.1) is 0 Å². The first-order valence-electron chi connectivity index (χ1n) is 17.8. The van der Waals surface area contributed by atoms with Crippen molar-refractivity contribution in [3.05, 3.63) is 149 Å². The van der Waals surface area contributed by atoms with Crippen LogP contribution in [0.4, 0.5) is 0 Å². The molecule has 0 spiro atoms. The molecule has 1 N–H and O–H groups in total. The van der Waals surface area contributed by atoms with E-state index in [4.69, 9.17) is 4.99 Å². The van der Waals surface area contributed by atoms with Crippen molar-refractivity contribution in [3.8, 4) is 0 Å². The number of nitrogens with one attached hydrogen (secondary N) is 1. The zero-order valence-electron chi connectivity index (χ0n) is 27.3. The Labute approximate surface area is 280 Å². The largest absolute Gasteiger partial charge is 0.343 e. The van der Waals surface area contributed by atoms with E-state index in [0.717, 1.165) is 44.4 Å². The Morgan fingerprint density at radius 3 is 2.43 bits per heavy atom. The molecule has 2 heterocycles. The molecule has 4 unspecified atom stereocenters. The molecular formula is C44H45N3. The number of nitrogens with zero attached hydrogens (tertiary/aromatic N) is 2. The highest BCUT2D eigenvalue weighted by Crippen LogP contribution is 2.39. The summed E-state index contributed by atoms with van der Waals surface area (Å²) >= 11 is 0. The predicted octanol–water partition coefficient (Wildman–Crippen LogP) is 10.9. The van der Waals surface area contributed by atoms with Gasteiger partial charge in [0.15, 0.2) is 0 Å². The number of rotatable bonds is 7. The molecule has 3 aliphatic carbocycles. The standard InChI is InChI=1S/C44H45N3/c1-2-8-32(9-3-1)33-17-15-31(16-18-33)28-44-46-42(37-23-19-34(20-24-37)39-12-7-27-45-30-39)29-43(47-44)38-25-21-36(22-26-38)41-14-6-11-35-10-4-5-13-40(35)41/h1-2,4-8,10-11,13-15,19-20,23-25,27,29-30,33,36,39,43H,3,9,12,16-18,21-22,26,28H2,(H,46,47). The minimum absolute atomic E-state index is 0.0844. The number of fused-ring (bicyclic) bond motifs is 1. The average molecular weight is 616 g/mol. The van der Waals surface area contributed by atoms with Crippen LogP contribution < -0.4 is 5.32 Å². The molecule has 4 atom stereocenters. The van der Waals surface area contributed by atoms with Crippen molar-refractivity contribution in [2.75, 3.05) is 0 Å². The Morgan fingerprint density at radius 1 is 0.766 bits per heavy atom. The number of allylic oxidation sites excluding steroid dienone is 7. The van der Waals surface area contributed by atoms with Crippen molar-refractivity contribution in [1.29, 1.82) is 0 Å². The first-order chi connectivity index (χ1) is 23.3. The van der Waals surface area contributed by atoms with Crippen LogP contribution in [0, 0.1) is 5.92 Å². The molecule has 0 saturated carbocycles. The maximum absolute atomic E-state index is 5.40. The van der Waals surface area contributed by atoms with Crippen molar-refractivity contribution in [1.82, 2.24) is 5.32 Å². The third-order valence-electron chi connectivity index (χ3n) is 11.0. The lowest BCUT2D eigenvalue weighted by Gasteiger charge is -2.30. The zero-order valence-corrected chi connectivity index (χ0v) is 27.3. The molecule has 0 fully saturated rings. The van der Waals surface area contributed by atoms with Gasteiger partial charge in [0.25, 0.3) is 0 Å². The van der Waals surface area contributed by atoms with E-state index in [1.165, 1.54) is 70.0 Å². The van der Waals surface area contributed by atoms with E-state index in [0.29, 0.717) is 17.8 Å². The highest BCUT2D eigenvalue weighted by Gasteiger charge is 2.26. The summed E-state index contributed by atoms with van der Waals surface area (Å²) in [7, 11) is 0. The van der Waals surface area contributed by atoms with Crippen LogP contribution in [0.25, 0.3) is 16.5 Å². The summed E-state index contributed by atoms with van der Waals surface area (Å²) in [5.74, 6) is 2.73. The molecule has 47 heavy (non-hydrogen) atoms. The van der Waals surface area contributed by atoms with Gasteiger partial charge in [-0.1, -0.05) is 114 Å². The summed E-state index contributed by atoms with van der Waals surface area (Å²) in [5.41, 5.74) is 9.88. The lowest BCUT2D eigenvalue weighted by atomic mass is 9.80. The highest BCUT2D eigenvalue weighted by atomic mass is 15.0. The van der Waals surface area contributed by atoms with E-state index >= 15 is 0 Å². The molecule has 0 bridgehead atoms. The fourth-order valence-electron chi connectivity index (χ4n) is 8.23. The highest BCUT2D eigenvalue weighted by molar-refractivity contribution is 5.94. The minimum Gasteiger partial charge on any atom is -0.343 e. The van der Waals surface area contributed by atoms with Gasteiger partial charge in [-0.25, -0.2) is 0 Å². The molecule has 0 saturated heterocycles. The third-order valence-corrected chi connectivity index (χ3v) is 11.0. The lowest BCUT2D eigenvalue weighted by Crippen LogP contribution is -2.30. The molecular weight excluding hydrogens is 571 g/mol. The summed E-state index contributed by atoms with van der Waals surface area (Å²) in [6.45, 7) is 0. The summed E-state index contributed by atoms with van der Waals surface area (Å²) in [5, 5.41) is 6.54. The molecule has 3 heteroatoms. The molecule has 5 aliphatic rings. The predicted molar refractivity (Wildman–Crippen MR) is 199 cm³/mol. The molecule has 236 valence electrons. The number of benzene rings is 3. The van der Waals surface area contributed by atoms with Crippen LogP contribution in [-0.4, -0.2) is 18.1 Å². The summed E-state index contributed by atoms with van der Waals surface area (Å²) in [6.07, 6.45) is 31.7. The van der Waals surface area contributed by atoms with E-state index in [2.05, 4.69) is 126 Å². The number of aliphatic imine (C=N–C) groups is 2. The molecule has 3 nitrogen and oxygen atoms in total. The Hall–Kier alpha value is -4.50. The van der Waals surface area contributed by atoms with Crippen molar-refractivity contribution in [2.24, 2.45) is 15.9 Å². The summed E-state index contributed by atoms with van der Waals surface area (Å²) < 4.78 is 0. The quantitative estimate of drug-likeness (QED) is 0.264. The maximum atomic E-state index is 5.40. The fourth-order valence-corrected chi connectivity index (χ4v) is 8.23. The van der Waals surface area contributed by atoms with E-state index in [9.17, 15) is 0 Å². The van der Waals surface area contributed by atoms with Gasteiger partial charge in [0.1, 0.15) is 5.84 Å². The second-order valence-corrected chi connectivity index (χ2v) is 13.9. The number of hydrogen-bond donors (Lipinski definition) is 1. The summed E-state index contributed by atoms with van der Waals surface area (Å²) in [4.78, 5) is 9.78. The number of hydrogen-bond acceptors (Lipinski definition) is 3. The normalized spacial score (nSPS) is 25.7. The van der Waals surface area contributed by atoms with Crippen molar-refractivity contribution in [2.45, 2.75) is 82.1 Å². The third kappa shape index (κ3) is 6.67. The molecule has 0 aromatic heterocycles. The van der Waals surface area contributed by atoms with Gasteiger partial charge in [-0.05, 0) is 109 Å². The minimum atomic E-state index is 0.0844. The Balaban J connectivity index is 1.04. The van der Waals surface area contributed by atoms with E-state index < -0.39 is 0 Å². The Morgan fingerprint density at radius 2 is 1.64 bits per heavy atom. The molecule has 3 aromatic carbocycles. The van der Waals surface area contributed by atoms with Gasteiger partial charge in [-0.3, -0.25) is 9.98 Å². The smallest absolute Gasteiger partial charge is 0.106 e. The fraction of sp³-hybridized carbons (Fsp3) is 0.318. The first kappa shape index (κ1) is 29.9. The number of amidine groups is 1. The van der Waals surface area contributed by atoms with Crippen LogP contribution in [0.2, 0.25) is 0 Å². The topological polar surface area (TPSA) is 36.8 Å². The molecule has 0 radical (unpaired) electrons. The second-order valence-electron chi connectivity index (χ2n) is 13.9. The van der Waals surface area contributed by atoms with Gasteiger partial charge in [0.05, 0.1) is 6.04 Å². The van der Waals surface area contributed by atoms with E-state index in [1.54, 1.807) is 5.57 Å². The second kappa shape index (κ2) is 13.7. The zero-order chi connectivity index (χ0) is 31.4. The molecule has 0 amide bonds. The monoisotopic (exact) mass is 615 g/mol. The van der Waals surface area contributed by atoms with Crippen molar-refractivity contribution >= 4 is 28.5 Å².